The molecule has 0 fully saturated rings. The molecule has 0 spiro atoms. The third-order valence-corrected chi connectivity index (χ3v) is 4.26. The molecule has 2 aromatic rings. The van der Waals surface area contributed by atoms with Crippen molar-refractivity contribution >= 4 is 15.9 Å². The predicted octanol–water partition coefficient (Wildman–Crippen LogP) is 3.07. The molecule has 0 saturated carbocycles. The van der Waals surface area contributed by atoms with Gasteiger partial charge < -0.3 is 5.73 Å². The maximum absolute atomic E-state index is 5.74. The summed E-state index contributed by atoms with van der Waals surface area (Å²) in [6.07, 6.45) is 3.17. The molecule has 1 aliphatic rings. The molecule has 0 aliphatic carbocycles. The lowest BCUT2D eigenvalue weighted by Crippen LogP contribution is -2.05. The molecule has 4 heteroatoms. The zero-order valence-corrected chi connectivity index (χ0v) is 12.7. The molecule has 1 aliphatic heterocycles. The molecular weight excluding hydrogens is 302 g/mol. The van der Waals surface area contributed by atoms with Gasteiger partial charge in [0, 0.05) is 28.7 Å². The van der Waals surface area contributed by atoms with E-state index in [9.17, 15) is 0 Å². The van der Waals surface area contributed by atoms with Crippen LogP contribution in [-0.4, -0.2) is 16.3 Å². The van der Waals surface area contributed by atoms with Crippen molar-refractivity contribution < 1.29 is 0 Å². The second kappa shape index (κ2) is 5.10. The lowest BCUT2D eigenvalue weighted by atomic mass is 9.96. The fourth-order valence-corrected chi connectivity index (χ4v) is 3.23. The highest BCUT2D eigenvalue weighted by molar-refractivity contribution is 9.10. The van der Waals surface area contributed by atoms with Crippen molar-refractivity contribution in [2.24, 2.45) is 5.73 Å². The zero-order valence-electron chi connectivity index (χ0n) is 11.1. The SMILES string of the molecule is Cc1ccc(Br)cc1-c1c(CCN)nn2c1CCC2. The van der Waals surface area contributed by atoms with E-state index in [2.05, 4.69) is 45.7 Å². The monoisotopic (exact) mass is 319 g/mol. The van der Waals surface area contributed by atoms with Crippen LogP contribution in [0, 0.1) is 6.92 Å². The van der Waals surface area contributed by atoms with Crippen molar-refractivity contribution in [3.8, 4) is 11.1 Å². The summed E-state index contributed by atoms with van der Waals surface area (Å²) in [5.41, 5.74) is 12.2. The van der Waals surface area contributed by atoms with Crippen LogP contribution in [0.5, 0.6) is 0 Å². The van der Waals surface area contributed by atoms with Crippen molar-refractivity contribution in [3.05, 3.63) is 39.6 Å². The Balaban J connectivity index is 2.20. The molecule has 3 rings (SSSR count). The molecule has 2 heterocycles. The van der Waals surface area contributed by atoms with E-state index in [1.165, 1.54) is 28.8 Å². The summed E-state index contributed by atoms with van der Waals surface area (Å²) >= 11 is 3.57. The van der Waals surface area contributed by atoms with Gasteiger partial charge in [0.1, 0.15) is 0 Å². The highest BCUT2D eigenvalue weighted by Gasteiger charge is 2.23. The molecule has 1 aromatic heterocycles. The normalized spacial score (nSPS) is 13.8. The molecule has 0 saturated heterocycles. The summed E-state index contributed by atoms with van der Waals surface area (Å²) in [7, 11) is 0. The van der Waals surface area contributed by atoms with Gasteiger partial charge in [-0.3, -0.25) is 4.68 Å². The Morgan fingerprint density at radius 1 is 1.42 bits per heavy atom. The minimum absolute atomic E-state index is 0.649. The highest BCUT2D eigenvalue weighted by atomic mass is 79.9. The second-order valence-electron chi connectivity index (χ2n) is 5.09. The zero-order chi connectivity index (χ0) is 13.4. The van der Waals surface area contributed by atoms with Crippen molar-refractivity contribution in [1.82, 2.24) is 9.78 Å². The van der Waals surface area contributed by atoms with E-state index < -0.39 is 0 Å². The summed E-state index contributed by atoms with van der Waals surface area (Å²) in [6.45, 7) is 3.85. The Bertz CT molecular complexity index is 616. The smallest absolute Gasteiger partial charge is 0.0718 e. The van der Waals surface area contributed by atoms with Gasteiger partial charge in [-0.25, -0.2) is 0 Å². The Hall–Kier alpha value is -1.13. The van der Waals surface area contributed by atoms with Gasteiger partial charge in [0.15, 0.2) is 0 Å². The molecular formula is C15H18BrN3. The molecule has 2 N–H and O–H groups in total. The number of halogens is 1. The van der Waals surface area contributed by atoms with Crippen molar-refractivity contribution in [2.75, 3.05) is 6.54 Å². The van der Waals surface area contributed by atoms with E-state index in [1.807, 2.05) is 0 Å². The van der Waals surface area contributed by atoms with Crippen LogP contribution < -0.4 is 5.73 Å². The third-order valence-electron chi connectivity index (χ3n) is 3.76. The average molecular weight is 320 g/mol. The first-order valence-electron chi connectivity index (χ1n) is 6.76. The first kappa shape index (κ1) is 12.9. The van der Waals surface area contributed by atoms with Crippen LogP contribution in [0.25, 0.3) is 11.1 Å². The van der Waals surface area contributed by atoms with Crippen LogP contribution in [0.2, 0.25) is 0 Å². The second-order valence-corrected chi connectivity index (χ2v) is 6.01. The molecule has 19 heavy (non-hydrogen) atoms. The number of benzene rings is 1. The van der Waals surface area contributed by atoms with E-state index in [0.717, 1.165) is 29.6 Å². The molecule has 100 valence electrons. The van der Waals surface area contributed by atoms with Crippen LogP contribution >= 0.6 is 15.9 Å². The first-order chi connectivity index (χ1) is 9.20. The largest absolute Gasteiger partial charge is 0.330 e. The predicted molar refractivity (Wildman–Crippen MR) is 81.2 cm³/mol. The summed E-state index contributed by atoms with van der Waals surface area (Å²) in [5, 5.41) is 4.75. The topological polar surface area (TPSA) is 43.8 Å². The van der Waals surface area contributed by atoms with Gasteiger partial charge in [0.25, 0.3) is 0 Å². The number of rotatable bonds is 3. The number of nitrogens with two attached hydrogens (primary N) is 1. The molecule has 0 amide bonds. The van der Waals surface area contributed by atoms with Gasteiger partial charge in [-0.15, -0.1) is 0 Å². The Morgan fingerprint density at radius 2 is 2.26 bits per heavy atom. The maximum Gasteiger partial charge on any atom is 0.0718 e. The van der Waals surface area contributed by atoms with Crippen molar-refractivity contribution in [2.45, 2.75) is 32.7 Å². The molecule has 3 nitrogen and oxygen atoms in total. The van der Waals surface area contributed by atoms with Crippen LogP contribution in [0.4, 0.5) is 0 Å². The number of fused-ring (bicyclic) bond motifs is 1. The third kappa shape index (κ3) is 2.23. The van der Waals surface area contributed by atoms with Gasteiger partial charge in [-0.2, -0.15) is 5.10 Å². The minimum atomic E-state index is 0.649. The van der Waals surface area contributed by atoms with E-state index in [1.54, 1.807) is 0 Å². The fraction of sp³-hybridized carbons (Fsp3) is 0.400. The van der Waals surface area contributed by atoms with Crippen LogP contribution in [0.15, 0.2) is 22.7 Å². The van der Waals surface area contributed by atoms with Gasteiger partial charge >= 0.3 is 0 Å². The standard InChI is InChI=1S/C15H18BrN3/c1-10-4-5-11(16)9-12(10)15-13(6-7-17)18-19-8-2-3-14(15)19/h4-5,9H,2-3,6-8,17H2,1H3. The fourth-order valence-electron chi connectivity index (χ4n) is 2.87. The minimum Gasteiger partial charge on any atom is -0.330 e. The summed E-state index contributed by atoms with van der Waals surface area (Å²) in [5.74, 6) is 0. The number of aromatic nitrogens is 2. The summed E-state index contributed by atoms with van der Waals surface area (Å²) < 4.78 is 3.28. The number of aryl methyl sites for hydroxylation is 2. The number of nitrogens with zero attached hydrogens (tertiary/aromatic N) is 2. The Kier molecular flexibility index (Phi) is 3.46. The maximum atomic E-state index is 5.74. The number of hydrogen-bond acceptors (Lipinski definition) is 2. The van der Waals surface area contributed by atoms with E-state index in [0.29, 0.717) is 6.54 Å². The molecule has 0 atom stereocenters. The van der Waals surface area contributed by atoms with Gasteiger partial charge in [0.05, 0.1) is 5.69 Å². The van der Waals surface area contributed by atoms with Crippen LogP contribution in [-0.2, 0) is 19.4 Å². The molecule has 1 aromatic carbocycles. The summed E-state index contributed by atoms with van der Waals surface area (Å²) in [6, 6.07) is 6.45. The Labute approximate surface area is 121 Å². The molecule has 0 unspecified atom stereocenters. The van der Waals surface area contributed by atoms with Crippen LogP contribution in [0.3, 0.4) is 0 Å². The van der Waals surface area contributed by atoms with E-state index in [-0.39, 0.29) is 0 Å². The number of hydrogen-bond donors (Lipinski definition) is 1. The van der Waals surface area contributed by atoms with Gasteiger partial charge in [-0.05, 0) is 49.6 Å². The van der Waals surface area contributed by atoms with Crippen molar-refractivity contribution in [3.63, 3.8) is 0 Å². The molecule has 0 radical (unpaired) electrons. The molecule has 0 bridgehead atoms. The summed E-state index contributed by atoms with van der Waals surface area (Å²) in [4.78, 5) is 0. The van der Waals surface area contributed by atoms with Crippen molar-refractivity contribution in [1.29, 1.82) is 0 Å². The quantitative estimate of drug-likeness (QED) is 0.944. The Morgan fingerprint density at radius 3 is 3.05 bits per heavy atom. The van der Waals surface area contributed by atoms with Crippen LogP contribution in [0.1, 0.15) is 23.4 Å². The van der Waals surface area contributed by atoms with E-state index in [4.69, 9.17) is 10.8 Å². The van der Waals surface area contributed by atoms with Gasteiger partial charge in [-0.1, -0.05) is 22.0 Å². The van der Waals surface area contributed by atoms with E-state index >= 15 is 0 Å². The van der Waals surface area contributed by atoms with Gasteiger partial charge in [0.2, 0.25) is 0 Å². The highest BCUT2D eigenvalue weighted by Crippen LogP contribution is 2.35. The average Bonchev–Trinajstić information content (AvgIpc) is 2.93. The lowest BCUT2D eigenvalue weighted by molar-refractivity contribution is 0.643. The first-order valence-corrected chi connectivity index (χ1v) is 7.55. The lowest BCUT2D eigenvalue weighted by Gasteiger charge is -2.09.